The molecule has 108 valence electrons. The summed E-state index contributed by atoms with van der Waals surface area (Å²) in [6, 6.07) is 8.50. The molecule has 0 bridgehead atoms. The molecule has 0 aliphatic rings. The fourth-order valence-electron chi connectivity index (χ4n) is 1.45. The van der Waals surface area contributed by atoms with Crippen LogP contribution in [0.15, 0.2) is 24.3 Å². The lowest BCUT2D eigenvalue weighted by Crippen LogP contribution is -2.26. The molecular formula is C16H29N3. The van der Waals surface area contributed by atoms with Crippen LogP contribution >= 0.6 is 0 Å². The molecule has 1 aromatic carbocycles. The second kappa shape index (κ2) is 10.7. The zero-order valence-electron chi connectivity index (χ0n) is 12.6. The maximum absolute atomic E-state index is 7.65. The van der Waals surface area contributed by atoms with Crippen molar-refractivity contribution in [3.8, 4) is 0 Å². The molecule has 0 heterocycles. The first kappa shape index (κ1) is 17.8. The summed E-state index contributed by atoms with van der Waals surface area (Å²) < 4.78 is 0. The van der Waals surface area contributed by atoms with Gasteiger partial charge in [0.1, 0.15) is 0 Å². The second-order valence-electron chi connectivity index (χ2n) is 4.77. The van der Waals surface area contributed by atoms with E-state index in [4.69, 9.17) is 16.9 Å². The van der Waals surface area contributed by atoms with Crippen molar-refractivity contribution in [3.63, 3.8) is 0 Å². The highest BCUT2D eigenvalue weighted by Gasteiger charge is 2.03. The van der Waals surface area contributed by atoms with E-state index in [0.29, 0.717) is 5.71 Å². The summed E-state index contributed by atoms with van der Waals surface area (Å²) in [6.07, 6.45) is 3.86. The highest BCUT2D eigenvalue weighted by molar-refractivity contribution is 5.86. The maximum Gasteiger partial charge on any atom is 0.0394 e. The van der Waals surface area contributed by atoms with Crippen molar-refractivity contribution in [1.29, 1.82) is 5.41 Å². The van der Waals surface area contributed by atoms with Crippen molar-refractivity contribution >= 4 is 5.71 Å². The van der Waals surface area contributed by atoms with Crippen molar-refractivity contribution in [2.24, 2.45) is 11.5 Å². The molecule has 0 amide bonds. The van der Waals surface area contributed by atoms with Gasteiger partial charge in [0.25, 0.3) is 0 Å². The predicted molar refractivity (Wildman–Crippen MR) is 84.9 cm³/mol. The van der Waals surface area contributed by atoms with Gasteiger partial charge in [0.2, 0.25) is 0 Å². The van der Waals surface area contributed by atoms with Gasteiger partial charge in [-0.2, -0.15) is 0 Å². The van der Waals surface area contributed by atoms with Crippen LogP contribution in [-0.4, -0.2) is 18.3 Å². The minimum absolute atomic E-state index is 0.111. The van der Waals surface area contributed by atoms with Gasteiger partial charge in [0.05, 0.1) is 0 Å². The van der Waals surface area contributed by atoms with E-state index in [1.807, 2.05) is 6.92 Å². The average molecular weight is 263 g/mol. The van der Waals surface area contributed by atoms with Gasteiger partial charge in [-0.05, 0) is 50.3 Å². The Morgan fingerprint density at radius 2 is 1.63 bits per heavy atom. The third-order valence-electron chi connectivity index (χ3n) is 2.95. The van der Waals surface area contributed by atoms with Crippen LogP contribution in [0.5, 0.6) is 0 Å². The monoisotopic (exact) mass is 263 g/mol. The number of nitrogens with two attached hydrogens (primary N) is 2. The lowest BCUT2D eigenvalue weighted by molar-refractivity contribution is 0.896. The Hall–Kier alpha value is -1.19. The van der Waals surface area contributed by atoms with Crippen LogP contribution in [0.3, 0.4) is 0 Å². The number of aryl methyl sites for hydroxylation is 2. The standard InChI is InChI=1S/C13H20N2.C3H9N/c1-3-11-4-6-12(7-5-11)8-9-13(15)10(2)14;1-2-3-4/h4-7,10,15H,3,8-9,14H2,1-2H3;2-4H2,1H3. The topological polar surface area (TPSA) is 75.9 Å². The molecule has 0 aliphatic heterocycles. The second-order valence-corrected chi connectivity index (χ2v) is 4.77. The molecule has 1 unspecified atom stereocenters. The first-order valence-corrected chi connectivity index (χ1v) is 7.15. The summed E-state index contributed by atoms with van der Waals surface area (Å²) in [5.74, 6) is 0. The first-order chi connectivity index (χ1) is 9.04. The van der Waals surface area contributed by atoms with E-state index in [-0.39, 0.29) is 6.04 Å². The van der Waals surface area contributed by atoms with Crippen LogP contribution in [0.25, 0.3) is 0 Å². The van der Waals surface area contributed by atoms with Crippen LogP contribution in [0.1, 0.15) is 44.7 Å². The fourth-order valence-corrected chi connectivity index (χ4v) is 1.45. The zero-order chi connectivity index (χ0) is 14.7. The molecule has 19 heavy (non-hydrogen) atoms. The minimum Gasteiger partial charge on any atom is -0.330 e. The molecule has 1 rings (SSSR count). The summed E-state index contributed by atoms with van der Waals surface area (Å²) in [4.78, 5) is 0. The molecule has 0 radical (unpaired) electrons. The molecule has 0 spiro atoms. The molecule has 1 aromatic rings. The van der Waals surface area contributed by atoms with Crippen LogP contribution in [0.4, 0.5) is 0 Å². The third kappa shape index (κ3) is 8.51. The first-order valence-electron chi connectivity index (χ1n) is 7.15. The van der Waals surface area contributed by atoms with E-state index in [2.05, 4.69) is 38.1 Å². The Morgan fingerprint density at radius 3 is 2.00 bits per heavy atom. The normalized spacial score (nSPS) is 11.4. The molecule has 1 atom stereocenters. The highest BCUT2D eigenvalue weighted by Crippen LogP contribution is 2.08. The third-order valence-corrected chi connectivity index (χ3v) is 2.95. The summed E-state index contributed by atoms with van der Waals surface area (Å²) in [5.41, 5.74) is 13.9. The van der Waals surface area contributed by atoms with E-state index in [1.165, 1.54) is 11.1 Å². The smallest absolute Gasteiger partial charge is 0.0394 e. The van der Waals surface area contributed by atoms with Crippen molar-refractivity contribution in [2.45, 2.75) is 52.5 Å². The summed E-state index contributed by atoms with van der Waals surface area (Å²) in [6.45, 7) is 6.89. The van der Waals surface area contributed by atoms with Gasteiger partial charge in [-0.15, -0.1) is 0 Å². The van der Waals surface area contributed by atoms with E-state index < -0.39 is 0 Å². The number of nitrogens with one attached hydrogen (secondary N) is 1. The zero-order valence-corrected chi connectivity index (χ0v) is 12.6. The molecule has 0 fully saturated rings. The molecule has 5 N–H and O–H groups in total. The summed E-state index contributed by atoms with van der Waals surface area (Å²) >= 11 is 0. The van der Waals surface area contributed by atoms with Crippen molar-refractivity contribution in [3.05, 3.63) is 35.4 Å². The van der Waals surface area contributed by atoms with Gasteiger partial charge in [-0.3, -0.25) is 0 Å². The number of rotatable bonds is 6. The number of benzene rings is 1. The Morgan fingerprint density at radius 1 is 1.16 bits per heavy atom. The van der Waals surface area contributed by atoms with Gasteiger partial charge >= 0.3 is 0 Å². The van der Waals surface area contributed by atoms with Gasteiger partial charge < -0.3 is 16.9 Å². The van der Waals surface area contributed by atoms with Crippen LogP contribution in [0.2, 0.25) is 0 Å². The maximum atomic E-state index is 7.65. The number of hydrogen-bond acceptors (Lipinski definition) is 3. The van der Waals surface area contributed by atoms with Crippen molar-refractivity contribution in [1.82, 2.24) is 0 Å². The van der Waals surface area contributed by atoms with Crippen molar-refractivity contribution in [2.75, 3.05) is 6.54 Å². The summed E-state index contributed by atoms with van der Waals surface area (Å²) in [5, 5.41) is 7.65. The Kier molecular flexibility index (Phi) is 10.0. The Bertz CT molecular complexity index is 340. The average Bonchev–Trinajstić information content (AvgIpc) is 2.45. The van der Waals surface area contributed by atoms with Crippen LogP contribution < -0.4 is 11.5 Å². The van der Waals surface area contributed by atoms with E-state index >= 15 is 0 Å². The van der Waals surface area contributed by atoms with Gasteiger partial charge in [0, 0.05) is 11.8 Å². The van der Waals surface area contributed by atoms with E-state index in [0.717, 1.165) is 32.2 Å². The van der Waals surface area contributed by atoms with Gasteiger partial charge in [0.15, 0.2) is 0 Å². The lowest BCUT2D eigenvalue weighted by atomic mass is 10.0. The van der Waals surface area contributed by atoms with Gasteiger partial charge in [-0.25, -0.2) is 0 Å². The molecule has 0 saturated heterocycles. The fraction of sp³-hybridized carbons (Fsp3) is 0.562. The molecule has 0 saturated carbocycles. The Labute approximate surface area is 117 Å². The van der Waals surface area contributed by atoms with Gasteiger partial charge in [-0.1, -0.05) is 38.1 Å². The highest BCUT2D eigenvalue weighted by atomic mass is 14.7. The SMILES string of the molecule is CCCN.CCc1ccc(CCC(=N)C(C)N)cc1. The number of hydrogen-bond donors (Lipinski definition) is 3. The lowest BCUT2D eigenvalue weighted by Gasteiger charge is -2.07. The molecular weight excluding hydrogens is 234 g/mol. The van der Waals surface area contributed by atoms with E-state index in [9.17, 15) is 0 Å². The molecule has 3 heteroatoms. The minimum atomic E-state index is -0.111. The summed E-state index contributed by atoms with van der Waals surface area (Å²) in [7, 11) is 0. The molecule has 3 nitrogen and oxygen atoms in total. The van der Waals surface area contributed by atoms with Crippen LogP contribution in [0, 0.1) is 5.41 Å². The molecule has 0 aromatic heterocycles. The largest absolute Gasteiger partial charge is 0.330 e. The Balaban J connectivity index is 0.000000711. The predicted octanol–water partition coefficient (Wildman–Crippen LogP) is 2.90. The van der Waals surface area contributed by atoms with E-state index in [1.54, 1.807) is 0 Å². The van der Waals surface area contributed by atoms with Crippen molar-refractivity contribution < 1.29 is 0 Å². The quantitative estimate of drug-likeness (QED) is 0.690. The van der Waals surface area contributed by atoms with Crippen LogP contribution in [-0.2, 0) is 12.8 Å². The molecule has 0 aliphatic carbocycles.